The lowest BCUT2D eigenvalue weighted by Crippen LogP contribution is -2.32. The lowest BCUT2D eigenvalue weighted by Gasteiger charge is -2.28. The average Bonchev–Trinajstić information content (AvgIpc) is 3.63. The number of halogens is 2. The van der Waals surface area contributed by atoms with Gasteiger partial charge in [0.25, 0.3) is 0 Å². The molecular weight excluding hydrogens is 438 g/mol. The molecule has 1 aromatic carbocycles. The quantitative estimate of drug-likeness (QED) is 0.495. The molecule has 0 spiro atoms. The van der Waals surface area contributed by atoms with Gasteiger partial charge in [0, 0.05) is 5.92 Å². The van der Waals surface area contributed by atoms with Gasteiger partial charge in [-0.25, -0.2) is 18.6 Å². The molecule has 1 amide bonds. The monoisotopic (exact) mass is 470 g/mol. The molecule has 0 saturated heterocycles. The number of ketones is 1. The molecule has 7 heteroatoms. The van der Waals surface area contributed by atoms with Crippen molar-refractivity contribution in [3.8, 4) is 0 Å². The number of ether oxygens (including phenoxy) is 1. The van der Waals surface area contributed by atoms with Crippen LogP contribution < -0.4 is 5.32 Å². The second kappa shape index (κ2) is 9.80. The van der Waals surface area contributed by atoms with Gasteiger partial charge in [-0.3, -0.25) is 4.79 Å². The van der Waals surface area contributed by atoms with Crippen LogP contribution in [0, 0.1) is 17.6 Å². The van der Waals surface area contributed by atoms with Crippen LogP contribution in [0.1, 0.15) is 98.4 Å². The summed E-state index contributed by atoms with van der Waals surface area (Å²) in [4.78, 5) is 30.1. The highest BCUT2D eigenvalue weighted by Gasteiger charge is 2.34. The fourth-order valence-corrected chi connectivity index (χ4v) is 4.70. The maximum atomic E-state index is 14.2. The summed E-state index contributed by atoms with van der Waals surface area (Å²) < 4.78 is 33.1. The minimum absolute atomic E-state index is 0.0131. The predicted molar refractivity (Wildman–Crippen MR) is 125 cm³/mol. The van der Waals surface area contributed by atoms with Crippen molar-refractivity contribution in [2.45, 2.75) is 83.3 Å². The summed E-state index contributed by atoms with van der Waals surface area (Å²) in [6.45, 7) is 5.56. The fourth-order valence-electron chi connectivity index (χ4n) is 4.70. The van der Waals surface area contributed by atoms with E-state index in [4.69, 9.17) is 4.74 Å². The molecule has 4 rings (SSSR count). The molecule has 2 saturated carbocycles. The first-order valence-corrected chi connectivity index (χ1v) is 12.1. The zero-order valence-electron chi connectivity index (χ0n) is 20.0. The number of aromatic nitrogens is 1. The minimum Gasteiger partial charge on any atom is -0.444 e. The number of hydrogen-bond donors (Lipinski definition) is 1. The Morgan fingerprint density at radius 1 is 0.971 bits per heavy atom. The smallest absolute Gasteiger partial charge is 0.407 e. The molecule has 0 radical (unpaired) electrons. The standard InChI is InChI=1S/C27H32F2N2O3/c1-27(2,3)34-26(33)30-15-19-13-14-21(17-7-8-17)24(31-19)25(32)18-11-9-16(10-12-18)20-5-4-6-22(28)23(20)29/h4-6,13-14,16-18H,7-12,15H2,1-3H3,(H,30,33). The number of hydrogen-bond acceptors (Lipinski definition) is 4. The Hall–Kier alpha value is -2.83. The fraction of sp³-hybridized carbons (Fsp3) is 0.519. The van der Waals surface area contributed by atoms with Crippen molar-refractivity contribution in [2.24, 2.45) is 5.92 Å². The van der Waals surface area contributed by atoms with Crippen LogP contribution in [0.3, 0.4) is 0 Å². The molecule has 2 fully saturated rings. The van der Waals surface area contributed by atoms with Crippen LogP contribution in [-0.2, 0) is 11.3 Å². The molecule has 0 atom stereocenters. The van der Waals surface area contributed by atoms with Crippen molar-refractivity contribution < 1.29 is 23.1 Å². The summed E-state index contributed by atoms with van der Waals surface area (Å²) in [6, 6.07) is 8.11. The van der Waals surface area contributed by atoms with Crippen molar-refractivity contribution in [3.63, 3.8) is 0 Å². The van der Waals surface area contributed by atoms with Gasteiger partial charge < -0.3 is 10.1 Å². The van der Waals surface area contributed by atoms with E-state index in [0.29, 0.717) is 48.6 Å². The second-order valence-corrected chi connectivity index (χ2v) is 10.4. The Morgan fingerprint density at radius 3 is 2.26 bits per heavy atom. The highest BCUT2D eigenvalue weighted by Crippen LogP contribution is 2.43. The normalized spacial score (nSPS) is 20.6. The Balaban J connectivity index is 1.44. The van der Waals surface area contributed by atoms with Crippen LogP contribution in [0.25, 0.3) is 0 Å². The molecule has 182 valence electrons. The van der Waals surface area contributed by atoms with Crippen molar-refractivity contribution in [1.82, 2.24) is 10.3 Å². The Bertz CT molecular complexity index is 1070. The van der Waals surface area contributed by atoms with E-state index in [-0.39, 0.29) is 24.2 Å². The maximum absolute atomic E-state index is 14.2. The third-order valence-electron chi connectivity index (χ3n) is 6.57. The molecule has 1 aromatic heterocycles. The number of alkyl carbamates (subject to hydrolysis) is 1. The number of carbonyl (C=O) groups is 2. The van der Waals surface area contributed by atoms with Crippen LogP contribution >= 0.6 is 0 Å². The lowest BCUT2D eigenvalue weighted by atomic mass is 9.76. The zero-order chi connectivity index (χ0) is 24.5. The average molecular weight is 471 g/mol. The number of nitrogens with zero attached hydrogens (tertiary/aromatic N) is 1. The van der Waals surface area contributed by atoms with Crippen molar-refractivity contribution in [3.05, 3.63) is 64.5 Å². The van der Waals surface area contributed by atoms with Crippen molar-refractivity contribution in [1.29, 1.82) is 0 Å². The largest absolute Gasteiger partial charge is 0.444 e. The summed E-state index contributed by atoms with van der Waals surface area (Å²) in [5.74, 6) is -1.51. The van der Waals surface area contributed by atoms with Gasteiger partial charge in [0.1, 0.15) is 11.3 Å². The van der Waals surface area contributed by atoms with Gasteiger partial charge in [-0.2, -0.15) is 0 Å². The molecule has 2 aromatic rings. The Kier molecular flexibility index (Phi) is 7.01. The predicted octanol–water partition coefficient (Wildman–Crippen LogP) is 6.42. The van der Waals surface area contributed by atoms with E-state index in [1.165, 1.54) is 6.07 Å². The van der Waals surface area contributed by atoms with Gasteiger partial charge in [0.05, 0.1) is 12.2 Å². The van der Waals surface area contributed by atoms with Gasteiger partial charge >= 0.3 is 6.09 Å². The zero-order valence-corrected chi connectivity index (χ0v) is 20.0. The van der Waals surface area contributed by atoms with Gasteiger partial charge in [-0.1, -0.05) is 18.2 Å². The highest BCUT2D eigenvalue weighted by molar-refractivity contribution is 5.97. The van der Waals surface area contributed by atoms with Crippen LogP contribution in [0.15, 0.2) is 30.3 Å². The van der Waals surface area contributed by atoms with E-state index in [9.17, 15) is 18.4 Å². The number of Topliss-reactive ketones (excluding diaryl/α,β-unsaturated/α-hetero) is 1. The summed E-state index contributed by atoms with van der Waals surface area (Å²) in [5.41, 5.74) is 1.88. The van der Waals surface area contributed by atoms with Crippen molar-refractivity contribution >= 4 is 11.9 Å². The van der Waals surface area contributed by atoms with E-state index < -0.39 is 23.3 Å². The minimum atomic E-state index is -0.828. The molecule has 5 nitrogen and oxygen atoms in total. The number of rotatable bonds is 6. The van der Waals surface area contributed by atoms with Crippen molar-refractivity contribution in [2.75, 3.05) is 0 Å². The van der Waals surface area contributed by atoms with E-state index >= 15 is 0 Å². The first kappa shape index (κ1) is 24.3. The summed E-state index contributed by atoms with van der Waals surface area (Å²) in [5, 5.41) is 2.70. The third kappa shape index (κ3) is 5.80. The van der Waals surface area contributed by atoms with E-state index in [2.05, 4.69) is 10.3 Å². The van der Waals surface area contributed by atoms with E-state index in [1.807, 2.05) is 12.1 Å². The van der Waals surface area contributed by atoms with Gasteiger partial charge in [-0.05, 0) is 94.4 Å². The van der Waals surface area contributed by atoms with Crippen LogP contribution in [0.4, 0.5) is 13.6 Å². The molecule has 2 aliphatic carbocycles. The molecule has 34 heavy (non-hydrogen) atoms. The lowest BCUT2D eigenvalue weighted by molar-refractivity contribution is 0.0523. The molecule has 0 bridgehead atoms. The molecule has 0 aliphatic heterocycles. The third-order valence-corrected chi connectivity index (χ3v) is 6.57. The molecule has 1 N–H and O–H groups in total. The first-order chi connectivity index (χ1) is 16.1. The SMILES string of the molecule is CC(C)(C)OC(=O)NCc1ccc(C2CC2)c(C(=O)C2CCC(c3cccc(F)c3F)CC2)n1. The molecule has 2 aliphatic rings. The van der Waals surface area contributed by atoms with Crippen LogP contribution in [-0.4, -0.2) is 22.5 Å². The maximum Gasteiger partial charge on any atom is 0.407 e. The van der Waals surface area contributed by atoms with E-state index in [0.717, 1.165) is 24.5 Å². The Labute approximate surface area is 199 Å². The second-order valence-electron chi connectivity index (χ2n) is 10.4. The van der Waals surface area contributed by atoms with Crippen LogP contribution in [0.5, 0.6) is 0 Å². The molecule has 0 unspecified atom stereocenters. The number of carbonyl (C=O) groups excluding carboxylic acids is 2. The Morgan fingerprint density at radius 2 is 1.62 bits per heavy atom. The molecule has 1 heterocycles. The first-order valence-electron chi connectivity index (χ1n) is 12.1. The highest BCUT2D eigenvalue weighted by atomic mass is 19.2. The number of amides is 1. The summed E-state index contributed by atoms with van der Waals surface area (Å²) in [7, 11) is 0. The number of nitrogens with one attached hydrogen (secondary N) is 1. The number of pyridine rings is 1. The van der Waals surface area contributed by atoms with Gasteiger partial charge in [0.15, 0.2) is 17.4 Å². The molecular formula is C27H32F2N2O3. The summed E-state index contributed by atoms with van der Waals surface area (Å²) >= 11 is 0. The topological polar surface area (TPSA) is 68.3 Å². The van der Waals surface area contributed by atoms with Gasteiger partial charge in [-0.15, -0.1) is 0 Å². The van der Waals surface area contributed by atoms with Crippen LogP contribution in [0.2, 0.25) is 0 Å². The summed E-state index contributed by atoms with van der Waals surface area (Å²) in [6.07, 6.45) is 4.06. The van der Waals surface area contributed by atoms with E-state index in [1.54, 1.807) is 26.8 Å². The van der Waals surface area contributed by atoms with Gasteiger partial charge in [0.2, 0.25) is 0 Å². The number of benzene rings is 1.